The van der Waals surface area contributed by atoms with Gasteiger partial charge in [0.05, 0.1) is 5.69 Å². The number of nitrogens with two attached hydrogens (primary N) is 1. The second-order valence-corrected chi connectivity index (χ2v) is 3.17. The Kier molecular flexibility index (Phi) is 3.91. The molecule has 1 heterocycles. The number of aromatic nitrogens is 1. The molecule has 4 heteroatoms. The van der Waals surface area contributed by atoms with Gasteiger partial charge in [0.2, 0.25) is 0 Å². The Morgan fingerprint density at radius 2 is 2.43 bits per heavy atom. The highest BCUT2D eigenvalue weighted by Crippen LogP contribution is 2.13. The lowest BCUT2D eigenvalue weighted by Crippen LogP contribution is -2.06. The van der Waals surface area contributed by atoms with Crippen LogP contribution in [0.15, 0.2) is 18.3 Å². The summed E-state index contributed by atoms with van der Waals surface area (Å²) in [5, 5.41) is 3.13. The molecule has 0 saturated carbocycles. The van der Waals surface area contributed by atoms with E-state index in [2.05, 4.69) is 10.3 Å². The predicted molar refractivity (Wildman–Crippen MR) is 57.1 cm³/mol. The molecule has 14 heavy (non-hydrogen) atoms. The van der Waals surface area contributed by atoms with Gasteiger partial charge in [0.25, 0.3) is 0 Å². The van der Waals surface area contributed by atoms with Crippen molar-refractivity contribution in [3.8, 4) is 0 Å². The van der Waals surface area contributed by atoms with Crippen LogP contribution in [0.4, 0.5) is 11.5 Å². The predicted octanol–water partition coefficient (Wildman–Crippen LogP) is 1.44. The third-order valence-electron chi connectivity index (χ3n) is 1.86. The first kappa shape index (κ1) is 10.5. The topological polar surface area (TPSA) is 68.0 Å². The third kappa shape index (κ3) is 3.43. The molecule has 0 aliphatic rings. The summed E-state index contributed by atoms with van der Waals surface area (Å²) in [7, 11) is 0. The number of hydrogen-bond donors (Lipinski definition) is 2. The molecule has 0 radical (unpaired) electrons. The van der Waals surface area contributed by atoms with Gasteiger partial charge in [0, 0.05) is 19.2 Å². The number of anilines is 2. The van der Waals surface area contributed by atoms with Crippen molar-refractivity contribution in [1.29, 1.82) is 0 Å². The molecule has 0 aromatic carbocycles. The highest BCUT2D eigenvalue weighted by atomic mass is 16.1. The molecule has 1 aromatic rings. The van der Waals surface area contributed by atoms with Gasteiger partial charge in [-0.2, -0.15) is 0 Å². The lowest BCUT2D eigenvalue weighted by atomic mass is 10.2. The zero-order chi connectivity index (χ0) is 10.4. The third-order valence-corrected chi connectivity index (χ3v) is 1.86. The maximum Gasteiger partial charge on any atom is 0.146 e. The number of rotatable bonds is 5. The maximum absolute atomic E-state index is 10.7. The van der Waals surface area contributed by atoms with Crippen molar-refractivity contribution in [2.75, 3.05) is 17.6 Å². The fourth-order valence-electron chi connectivity index (χ4n) is 1.13. The number of nitrogens with zero attached hydrogens (tertiary/aromatic N) is 1. The number of Topliss-reactive ketones (excluding diaryl/α,β-unsaturated/α-hetero) is 1. The molecule has 4 nitrogen and oxygen atoms in total. The average Bonchev–Trinajstić information content (AvgIpc) is 2.15. The molecule has 1 aromatic heterocycles. The van der Waals surface area contributed by atoms with Gasteiger partial charge >= 0.3 is 0 Å². The zero-order valence-corrected chi connectivity index (χ0v) is 8.29. The first-order valence-corrected chi connectivity index (χ1v) is 4.64. The molecule has 0 unspecified atom stereocenters. The van der Waals surface area contributed by atoms with E-state index in [0.29, 0.717) is 12.2 Å². The van der Waals surface area contributed by atoms with Crippen LogP contribution in [-0.4, -0.2) is 17.3 Å². The Morgan fingerprint density at radius 3 is 3.07 bits per heavy atom. The monoisotopic (exact) mass is 193 g/mol. The van der Waals surface area contributed by atoms with Crippen LogP contribution in [0.2, 0.25) is 0 Å². The second-order valence-electron chi connectivity index (χ2n) is 3.17. The molecule has 3 N–H and O–H groups in total. The lowest BCUT2D eigenvalue weighted by molar-refractivity contribution is -0.117. The smallest absolute Gasteiger partial charge is 0.146 e. The molecule has 0 bridgehead atoms. The van der Waals surface area contributed by atoms with Crippen LogP contribution in [0, 0.1) is 0 Å². The number of nitrogens with one attached hydrogen (secondary N) is 1. The summed E-state index contributed by atoms with van der Waals surface area (Å²) >= 11 is 0. The standard InChI is InChI=1S/C10H15N3O/c1-8(14)4-2-6-12-9-5-3-7-13-10(9)11/h3,5,7,12H,2,4,6H2,1H3,(H2,11,13). The van der Waals surface area contributed by atoms with E-state index >= 15 is 0 Å². The average molecular weight is 193 g/mol. The first-order valence-electron chi connectivity index (χ1n) is 4.64. The molecular weight excluding hydrogens is 178 g/mol. The number of ketones is 1. The first-order chi connectivity index (χ1) is 6.70. The van der Waals surface area contributed by atoms with Crippen LogP contribution in [0.1, 0.15) is 19.8 Å². The largest absolute Gasteiger partial charge is 0.382 e. The van der Waals surface area contributed by atoms with E-state index in [4.69, 9.17) is 5.73 Å². The molecule has 0 spiro atoms. The van der Waals surface area contributed by atoms with Crippen LogP contribution in [0.5, 0.6) is 0 Å². The van der Waals surface area contributed by atoms with Crippen molar-refractivity contribution in [2.24, 2.45) is 0 Å². The quantitative estimate of drug-likeness (QED) is 0.694. The van der Waals surface area contributed by atoms with Crippen molar-refractivity contribution in [3.63, 3.8) is 0 Å². The molecule has 1 rings (SSSR count). The highest BCUT2D eigenvalue weighted by molar-refractivity contribution is 5.75. The fourth-order valence-corrected chi connectivity index (χ4v) is 1.13. The Balaban J connectivity index is 2.31. The SMILES string of the molecule is CC(=O)CCCNc1cccnc1N. The van der Waals surface area contributed by atoms with Crippen molar-refractivity contribution in [2.45, 2.75) is 19.8 Å². The van der Waals surface area contributed by atoms with Gasteiger partial charge in [0.15, 0.2) is 0 Å². The summed E-state index contributed by atoms with van der Waals surface area (Å²) in [5.41, 5.74) is 6.45. The van der Waals surface area contributed by atoms with Crippen molar-refractivity contribution in [1.82, 2.24) is 4.98 Å². The van der Waals surface area contributed by atoms with Crippen LogP contribution in [0.3, 0.4) is 0 Å². The van der Waals surface area contributed by atoms with Crippen LogP contribution in [0.25, 0.3) is 0 Å². The Morgan fingerprint density at radius 1 is 1.64 bits per heavy atom. The van der Waals surface area contributed by atoms with Crippen molar-refractivity contribution >= 4 is 17.3 Å². The number of carbonyl (C=O) groups excluding carboxylic acids is 1. The Bertz CT molecular complexity index is 312. The summed E-state index contributed by atoms with van der Waals surface area (Å²) in [6.07, 6.45) is 3.08. The minimum Gasteiger partial charge on any atom is -0.382 e. The molecule has 0 amide bonds. The Hall–Kier alpha value is -1.58. The molecule has 0 fully saturated rings. The van der Waals surface area contributed by atoms with E-state index in [0.717, 1.165) is 18.7 Å². The zero-order valence-electron chi connectivity index (χ0n) is 8.29. The van der Waals surface area contributed by atoms with Crippen LogP contribution < -0.4 is 11.1 Å². The molecule has 0 aliphatic carbocycles. The van der Waals surface area contributed by atoms with Gasteiger partial charge < -0.3 is 15.8 Å². The van der Waals surface area contributed by atoms with E-state index in [1.807, 2.05) is 12.1 Å². The number of nitrogen functional groups attached to an aromatic ring is 1. The van der Waals surface area contributed by atoms with Crippen LogP contribution in [-0.2, 0) is 4.79 Å². The van der Waals surface area contributed by atoms with E-state index in [-0.39, 0.29) is 5.78 Å². The fraction of sp³-hybridized carbons (Fsp3) is 0.400. The second kappa shape index (κ2) is 5.21. The number of pyridine rings is 1. The minimum absolute atomic E-state index is 0.214. The molecule has 0 atom stereocenters. The lowest BCUT2D eigenvalue weighted by Gasteiger charge is -2.06. The number of carbonyl (C=O) groups is 1. The normalized spacial score (nSPS) is 9.79. The molecule has 76 valence electrons. The van der Waals surface area contributed by atoms with E-state index in [1.165, 1.54) is 0 Å². The minimum atomic E-state index is 0.214. The highest BCUT2D eigenvalue weighted by Gasteiger charge is 1.97. The van der Waals surface area contributed by atoms with Crippen molar-refractivity contribution < 1.29 is 4.79 Å². The molecular formula is C10H15N3O. The van der Waals surface area contributed by atoms with Gasteiger partial charge in [-0.25, -0.2) is 4.98 Å². The van der Waals surface area contributed by atoms with E-state index in [1.54, 1.807) is 13.1 Å². The summed E-state index contributed by atoms with van der Waals surface area (Å²) in [6, 6.07) is 3.69. The summed E-state index contributed by atoms with van der Waals surface area (Å²) in [5.74, 6) is 0.710. The van der Waals surface area contributed by atoms with Crippen molar-refractivity contribution in [3.05, 3.63) is 18.3 Å². The summed E-state index contributed by atoms with van der Waals surface area (Å²) in [6.45, 7) is 2.34. The van der Waals surface area contributed by atoms with Gasteiger partial charge in [0.1, 0.15) is 11.6 Å². The van der Waals surface area contributed by atoms with Crippen LogP contribution >= 0.6 is 0 Å². The van der Waals surface area contributed by atoms with Gasteiger partial charge in [-0.15, -0.1) is 0 Å². The van der Waals surface area contributed by atoms with E-state index < -0.39 is 0 Å². The summed E-state index contributed by atoms with van der Waals surface area (Å²) < 4.78 is 0. The molecule has 0 saturated heterocycles. The van der Waals surface area contributed by atoms with Gasteiger partial charge in [-0.1, -0.05) is 0 Å². The maximum atomic E-state index is 10.7. The van der Waals surface area contributed by atoms with Gasteiger partial charge in [-0.3, -0.25) is 0 Å². The van der Waals surface area contributed by atoms with E-state index in [9.17, 15) is 4.79 Å². The number of hydrogen-bond acceptors (Lipinski definition) is 4. The molecule has 0 aliphatic heterocycles. The van der Waals surface area contributed by atoms with Gasteiger partial charge in [-0.05, 0) is 25.5 Å². The summed E-state index contributed by atoms with van der Waals surface area (Å²) in [4.78, 5) is 14.6. The Labute approximate surface area is 83.5 Å².